The smallest absolute Gasteiger partial charge is 0.261 e. The molecular weight excluding hydrogens is 497 g/mol. The molecule has 0 saturated heterocycles. The summed E-state index contributed by atoms with van der Waals surface area (Å²) in [5.41, 5.74) is 3.65. The number of rotatable bonds is 9. The molecule has 3 aromatic carbocycles. The highest BCUT2D eigenvalue weighted by Gasteiger charge is 2.12. The third-order valence-corrected chi connectivity index (χ3v) is 6.34. The van der Waals surface area contributed by atoms with Gasteiger partial charge in [0, 0.05) is 23.6 Å². The number of hydrogen-bond donors (Lipinski definition) is 2. The van der Waals surface area contributed by atoms with Crippen molar-refractivity contribution >= 4 is 46.1 Å². The predicted octanol–water partition coefficient (Wildman–Crippen LogP) is 6.33. The average molecular weight is 520 g/mol. The molecular formula is C28H23Cl2N3O3. The van der Waals surface area contributed by atoms with Gasteiger partial charge < -0.3 is 19.8 Å². The molecule has 0 unspecified atom stereocenters. The highest BCUT2D eigenvalue weighted by Crippen LogP contribution is 2.30. The number of aromatic amines is 1. The van der Waals surface area contributed by atoms with Gasteiger partial charge in [-0.1, -0.05) is 53.5 Å². The number of carbonyl (C=O) groups excluding carboxylic acids is 1. The van der Waals surface area contributed by atoms with E-state index in [-0.39, 0.29) is 12.2 Å². The van der Waals surface area contributed by atoms with Gasteiger partial charge in [0.15, 0.2) is 11.5 Å². The van der Waals surface area contributed by atoms with E-state index in [1.807, 2.05) is 42.6 Å². The number of aromatic nitrogens is 1. The van der Waals surface area contributed by atoms with Crippen LogP contribution in [0, 0.1) is 11.3 Å². The first-order valence-electron chi connectivity index (χ1n) is 11.2. The molecule has 1 aromatic heterocycles. The lowest BCUT2D eigenvalue weighted by atomic mass is 10.1. The molecule has 6 nitrogen and oxygen atoms in total. The van der Waals surface area contributed by atoms with E-state index in [4.69, 9.17) is 32.7 Å². The summed E-state index contributed by atoms with van der Waals surface area (Å²) >= 11 is 12.0. The van der Waals surface area contributed by atoms with Crippen LogP contribution in [0.5, 0.6) is 11.5 Å². The highest BCUT2D eigenvalue weighted by atomic mass is 35.5. The Kier molecular flexibility index (Phi) is 8.17. The van der Waals surface area contributed by atoms with Crippen LogP contribution in [0.15, 0.2) is 72.4 Å². The van der Waals surface area contributed by atoms with Crippen LogP contribution in [0.4, 0.5) is 0 Å². The van der Waals surface area contributed by atoms with Crippen LogP contribution in [0.25, 0.3) is 17.0 Å². The first-order valence-corrected chi connectivity index (χ1v) is 11.9. The molecule has 8 heteroatoms. The van der Waals surface area contributed by atoms with E-state index < -0.39 is 5.91 Å². The Morgan fingerprint density at radius 1 is 1.08 bits per heavy atom. The van der Waals surface area contributed by atoms with E-state index in [0.717, 1.165) is 22.0 Å². The van der Waals surface area contributed by atoms with Gasteiger partial charge in [0.2, 0.25) is 0 Å². The summed E-state index contributed by atoms with van der Waals surface area (Å²) in [5.74, 6) is 0.555. The number of ether oxygens (including phenoxy) is 2. The zero-order valence-electron chi connectivity index (χ0n) is 19.5. The minimum atomic E-state index is -0.434. The molecule has 0 aliphatic heterocycles. The van der Waals surface area contributed by atoms with Crippen molar-refractivity contribution in [2.45, 2.75) is 13.0 Å². The standard InChI is InChI=1S/C28H23Cl2N3O3/c1-35-27-14-18(7-9-26(27)36-17-19-6-8-23(29)24(30)13-19)12-21(15-31)28(34)32-11-10-20-16-33-25-5-3-2-4-22(20)25/h2-9,12-14,16,33H,10-11,17H2,1H3,(H,32,34)/b21-12-. The molecule has 0 fully saturated rings. The van der Waals surface area contributed by atoms with Gasteiger partial charge in [-0.15, -0.1) is 0 Å². The number of amides is 1. The molecule has 4 rings (SSSR count). The fourth-order valence-electron chi connectivity index (χ4n) is 3.74. The number of hydrogen-bond acceptors (Lipinski definition) is 4. The van der Waals surface area contributed by atoms with Gasteiger partial charge in [-0.2, -0.15) is 5.26 Å². The molecule has 0 aliphatic carbocycles. The minimum absolute atomic E-state index is 0.000421. The second-order valence-corrected chi connectivity index (χ2v) is 8.80. The first-order chi connectivity index (χ1) is 17.5. The SMILES string of the molecule is COc1cc(/C=C(/C#N)C(=O)NCCc2c[nH]c3ccccc23)ccc1OCc1ccc(Cl)c(Cl)c1. The van der Waals surface area contributed by atoms with Gasteiger partial charge >= 0.3 is 0 Å². The second kappa shape index (κ2) is 11.7. The Bertz CT molecular complexity index is 1470. The van der Waals surface area contributed by atoms with Gasteiger partial charge in [0.25, 0.3) is 5.91 Å². The van der Waals surface area contributed by atoms with Gasteiger partial charge in [-0.05, 0) is 59.5 Å². The summed E-state index contributed by atoms with van der Waals surface area (Å²) < 4.78 is 11.3. The normalized spacial score (nSPS) is 11.2. The first kappa shape index (κ1) is 25.2. The number of para-hydroxylation sites is 1. The van der Waals surface area contributed by atoms with E-state index in [0.29, 0.717) is 40.1 Å². The predicted molar refractivity (Wildman–Crippen MR) is 142 cm³/mol. The number of methoxy groups -OCH3 is 1. The van der Waals surface area contributed by atoms with Gasteiger partial charge in [-0.3, -0.25) is 4.79 Å². The number of H-pyrrole nitrogens is 1. The van der Waals surface area contributed by atoms with Crippen LogP contribution in [0.2, 0.25) is 10.0 Å². The van der Waals surface area contributed by atoms with Gasteiger partial charge in [0.05, 0.1) is 17.2 Å². The summed E-state index contributed by atoms with van der Waals surface area (Å²) in [5, 5.41) is 14.4. The van der Waals surface area contributed by atoms with Crippen LogP contribution in [0.1, 0.15) is 16.7 Å². The third-order valence-electron chi connectivity index (χ3n) is 5.60. The van der Waals surface area contributed by atoms with E-state index >= 15 is 0 Å². The van der Waals surface area contributed by atoms with Crippen LogP contribution in [0.3, 0.4) is 0 Å². The number of carbonyl (C=O) groups is 1. The number of halogens is 2. The summed E-state index contributed by atoms with van der Waals surface area (Å²) in [4.78, 5) is 15.8. The number of nitrogens with one attached hydrogen (secondary N) is 2. The molecule has 36 heavy (non-hydrogen) atoms. The summed E-state index contributed by atoms with van der Waals surface area (Å²) in [6, 6.07) is 20.4. The van der Waals surface area contributed by atoms with Crippen LogP contribution in [-0.2, 0) is 17.8 Å². The fraction of sp³-hybridized carbons (Fsp3) is 0.143. The Balaban J connectivity index is 1.39. The molecule has 1 amide bonds. The molecule has 0 aliphatic rings. The Morgan fingerprint density at radius 3 is 2.69 bits per heavy atom. The van der Waals surface area contributed by atoms with Crippen molar-refractivity contribution in [3.63, 3.8) is 0 Å². The topological polar surface area (TPSA) is 87.1 Å². The van der Waals surface area contributed by atoms with Crippen molar-refractivity contribution in [2.75, 3.05) is 13.7 Å². The van der Waals surface area contributed by atoms with Crippen LogP contribution in [-0.4, -0.2) is 24.5 Å². The monoisotopic (exact) mass is 519 g/mol. The van der Waals surface area contributed by atoms with Crippen molar-refractivity contribution in [1.29, 1.82) is 5.26 Å². The average Bonchev–Trinajstić information content (AvgIpc) is 3.31. The molecule has 0 atom stereocenters. The zero-order chi connectivity index (χ0) is 25.5. The number of nitriles is 1. The second-order valence-electron chi connectivity index (χ2n) is 7.98. The van der Waals surface area contributed by atoms with Crippen molar-refractivity contribution in [3.05, 3.63) is 99.2 Å². The molecule has 4 aromatic rings. The van der Waals surface area contributed by atoms with Crippen molar-refractivity contribution in [3.8, 4) is 17.6 Å². The quantitative estimate of drug-likeness (QED) is 0.200. The summed E-state index contributed by atoms with van der Waals surface area (Å²) in [6.45, 7) is 0.676. The molecule has 0 saturated carbocycles. The molecule has 182 valence electrons. The lowest BCUT2D eigenvalue weighted by Crippen LogP contribution is -2.26. The maximum Gasteiger partial charge on any atom is 0.261 e. The number of fused-ring (bicyclic) bond motifs is 1. The third kappa shape index (κ3) is 6.01. The fourth-order valence-corrected chi connectivity index (χ4v) is 4.06. The number of benzene rings is 3. The zero-order valence-corrected chi connectivity index (χ0v) is 21.0. The Labute approximate surface area is 219 Å². The van der Waals surface area contributed by atoms with E-state index in [1.54, 1.807) is 30.3 Å². The van der Waals surface area contributed by atoms with Crippen molar-refractivity contribution in [1.82, 2.24) is 10.3 Å². The maximum atomic E-state index is 12.6. The highest BCUT2D eigenvalue weighted by molar-refractivity contribution is 6.42. The lowest BCUT2D eigenvalue weighted by molar-refractivity contribution is -0.117. The van der Waals surface area contributed by atoms with E-state index in [9.17, 15) is 10.1 Å². The Morgan fingerprint density at radius 2 is 1.92 bits per heavy atom. The molecule has 0 radical (unpaired) electrons. The summed E-state index contributed by atoms with van der Waals surface area (Å²) in [7, 11) is 1.53. The molecule has 2 N–H and O–H groups in total. The van der Waals surface area contributed by atoms with Crippen LogP contribution < -0.4 is 14.8 Å². The largest absolute Gasteiger partial charge is 0.493 e. The van der Waals surface area contributed by atoms with Crippen LogP contribution >= 0.6 is 23.2 Å². The maximum absolute atomic E-state index is 12.6. The van der Waals surface area contributed by atoms with Gasteiger partial charge in [-0.25, -0.2) is 0 Å². The van der Waals surface area contributed by atoms with E-state index in [1.165, 1.54) is 13.2 Å². The van der Waals surface area contributed by atoms with E-state index in [2.05, 4.69) is 10.3 Å². The van der Waals surface area contributed by atoms with Crippen molar-refractivity contribution < 1.29 is 14.3 Å². The summed E-state index contributed by atoms with van der Waals surface area (Å²) in [6.07, 6.45) is 4.11. The Hall–Kier alpha value is -3.92. The van der Waals surface area contributed by atoms with Crippen molar-refractivity contribution in [2.24, 2.45) is 0 Å². The molecule has 0 bridgehead atoms. The minimum Gasteiger partial charge on any atom is -0.493 e. The molecule has 0 spiro atoms. The molecule has 1 heterocycles. The number of nitrogens with zero attached hydrogens (tertiary/aromatic N) is 1. The van der Waals surface area contributed by atoms with Gasteiger partial charge in [0.1, 0.15) is 18.2 Å². The lowest BCUT2D eigenvalue weighted by Gasteiger charge is -2.12.